The molecular formula is C15H19N3O3. The van der Waals surface area contributed by atoms with Crippen LogP contribution in [-0.2, 0) is 4.74 Å². The highest BCUT2D eigenvalue weighted by Crippen LogP contribution is 2.44. The van der Waals surface area contributed by atoms with Crippen LogP contribution in [0.3, 0.4) is 0 Å². The zero-order chi connectivity index (χ0) is 15.6. The van der Waals surface area contributed by atoms with Gasteiger partial charge in [-0.1, -0.05) is 13.8 Å². The lowest BCUT2D eigenvalue weighted by molar-refractivity contribution is -0.384. The Morgan fingerprint density at radius 2 is 2.29 bits per heavy atom. The fourth-order valence-corrected chi connectivity index (χ4v) is 2.67. The second-order valence-electron chi connectivity index (χ2n) is 5.80. The van der Waals surface area contributed by atoms with Gasteiger partial charge in [0.2, 0.25) is 0 Å². The summed E-state index contributed by atoms with van der Waals surface area (Å²) in [6, 6.07) is 6.50. The van der Waals surface area contributed by atoms with Gasteiger partial charge >= 0.3 is 0 Å². The third kappa shape index (κ3) is 2.83. The van der Waals surface area contributed by atoms with Crippen molar-refractivity contribution in [3.8, 4) is 6.07 Å². The minimum Gasteiger partial charge on any atom is -0.380 e. The molecule has 0 heterocycles. The molecule has 0 aliphatic heterocycles. The zero-order valence-corrected chi connectivity index (χ0v) is 12.4. The van der Waals surface area contributed by atoms with Crippen molar-refractivity contribution in [1.29, 1.82) is 5.26 Å². The molecule has 0 bridgehead atoms. The van der Waals surface area contributed by atoms with Crippen LogP contribution in [0.15, 0.2) is 18.2 Å². The molecule has 1 aliphatic carbocycles. The van der Waals surface area contributed by atoms with Gasteiger partial charge in [-0.15, -0.1) is 0 Å². The van der Waals surface area contributed by atoms with E-state index in [2.05, 4.69) is 19.2 Å². The van der Waals surface area contributed by atoms with E-state index < -0.39 is 4.92 Å². The van der Waals surface area contributed by atoms with E-state index in [1.807, 2.05) is 13.0 Å². The zero-order valence-electron chi connectivity index (χ0n) is 12.4. The van der Waals surface area contributed by atoms with Crippen molar-refractivity contribution in [2.45, 2.75) is 39.3 Å². The molecule has 2 rings (SSSR count). The van der Waals surface area contributed by atoms with Crippen molar-refractivity contribution in [1.82, 2.24) is 0 Å². The third-order valence-corrected chi connectivity index (χ3v) is 4.21. The standard InChI is InChI=1S/C15H19N3O3/c1-4-21-14-8-13(15(14,2)3)17-12-6-5-11(18(19)20)7-10(12)9-16/h5-7,13-14,17H,4,8H2,1-3H3. The van der Waals surface area contributed by atoms with Gasteiger partial charge in [-0.2, -0.15) is 5.26 Å². The molecule has 21 heavy (non-hydrogen) atoms. The van der Waals surface area contributed by atoms with Gasteiger partial charge in [0.1, 0.15) is 6.07 Å². The summed E-state index contributed by atoms with van der Waals surface area (Å²) < 4.78 is 5.67. The van der Waals surface area contributed by atoms with Gasteiger partial charge in [0.15, 0.2) is 0 Å². The van der Waals surface area contributed by atoms with Crippen LogP contribution in [0.2, 0.25) is 0 Å². The molecule has 0 aromatic heterocycles. The summed E-state index contributed by atoms with van der Waals surface area (Å²) >= 11 is 0. The molecule has 0 saturated heterocycles. The van der Waals surface area contributed by atoms with Gasteiger partial charge in [0.05, 0.1) is 22.3 Å². The number of hydrogen-bond donors (Lipinski definition) is 1. The van der Waals surface area contributed by atoms with Gasteiger partial charge in [-0.25, -0.2) is 0 Å². The van der Waals surface area contributed by atoms with Crippen LogP contribution < -0.4 is 5.32 Å². The molecule has 2 unspecified atom stereocenters. The predicted molar refractivity (Wildman–Crippen MR) is 79.0 cm³/mol. The Balaban J connectivity index is 2.15. The summed E-state index contributed by atoms with van der Waals surface area (Å²) in [6.45, 7) is 6.89. The molecule has 1 aromatic carbocycles. The Bertz CT molecular complexity index is 592. The number of nitro benzene ring substituents is 1. The first-order chi connectivity index (χ1) is 9.90. The Labute approximate surface area is 123 Å². The second-order valence-corrected chi connectivity index (χ2v) is 5.80. The lowest BCUT2D eigenvalue weighted by Gasteiger charge is -2.52. The molecule has 1 fully saturated rings. The minimum atomic E-state index is -0.497. The highest BCUT2D eigenvalue weighted by molar-refractivity contribution is 5.62. The number of hydrogen-bond acceptors (Lipinski definition) is 5. The summed E-state index contributed by atoms with van der Waals surface area (Å²) in [4.78, 5) is 10.3. The van der Waals surface area contributed by atoms with E-state index in [1.165, 1.54) is 12.1 Å². The second kappa shape index (κ2) is 5.70. The van der Waals surface area contributed by atoms with Crippen molar-refractivity contribution < 1.29 is 9.66 Å². The van der Waals surface area contributed by atoms with Crippen molar-refractivity contribution in [2.24, 2.45) is 5.41 Å². The van der Waals surface area contributed by atoms with Crippen LogP contribution in [0.25, 0.3) is 0 Å². The van der Waals surface area contributed by atoms with E-state index in [1.54, 1.807) is 6.07 Å². The Morgan fingerprint density at radius 3 is 2.81 bits per heavy atom. The van der Waals surface area contributed by atoms with Gasteiger partial charge in [0, 0.05) is 30.2 Å². The summed E-state index contributed by atoms with van der Waals surface area (Å²) in [5, 5.41) is 23.2. The Kier molecular flexibility index (Phi) is 4.14. The average Bonchev–Trinajstić information content (AvgIpc) is 2.46. The normalized spacial score (nSPS) is 23.0. The number of rotatable bonds is 5. The van der Waals surface area contributed by atoms with Crippen molar-refractivity contribution in [3.05, 3.63) is 33.9 Å². The molecule has 1 aliphatic rings. The molecule has 0 radical (unpaired) electrons. The van der Waals surface area contributed by atoms with Crippen LogP contribution >= 0.6 is 0 Å². The molecule has 6 nitrogen and oxygen atoms in total. The number of non-ortho nitro benzene ring substituents is 1. The van der Waals surface area contributed by atoms with Crippen LogP contribution in [0.1, 0.15) is 32.8 Å². The summed E-state index contributed by atoms with van der Waals surface area (Å²) in [5.74, 6) is 0. The summed E-state index contributed by atoms with van der Waals surface area (Å²) in [5.41, 5.74) is 0.818. The number of nitrogens with zero attached hydrogens (tertiary/aromatic N) is 2. The van der Waals surface area contributed by atoms with Crippen molar-refractivity contribution in [3.63, 3.8) is 0 Å². The molecule has 1 aromatic rings. The predicted octanol–water partition coefficient (Wildman–Crippen LogP) is 3.08. The topological polar surface area (TPSA) is 88.2 Å². The lowest BCUT2D eigenvalue weighted by Crippen LogP contribution is -2.58. The average molecular weight is 289 g/mol. The van der Waals surface area contributed by atoms with E-state index in [-0.39, 0.29) is 23.2 Å². The van der Waals surface area contributed by atoms with E-state index in [9.17, 15) is 10.1 Å². The van der Waals surface area contributed by atoms with E-state index in [0.717, 1.165) is 6.42 Å². The maximum absolute atomic E-state index is 10.7. The largest absolute Gasteiger partial charge is 0.380 e. The van der Waals surface area contributed by atoms with Gasteiger partial charge in [-0.05, 0) is 19.4 Å². The number of nitriles is 1. The molecule has 0 amide bonds. The fourth-order valence-electron chi connectivity index (χ4n) is 2.67. The Hall–Kier alpha value is -2.13. The first kappa shape index (κ1) is 15.3. The summed E-state index contributed by atoms with van der Waals surface area (Å²) in [6.07, 6.45) is 1.06. The number of benzene rings is 1. The van der Waals surface area contributed by atoms with E-state index in [0.29, 0.717) is 17.9 Å². The van der Waals surface area contributed by atoms with Crippen LogP contribution in [0.4, 0.5) is 11.4 Å². The maximum Gasteiger partial charge on any atom is 0.270 e. The monoisotopic (exact) mass is 289 g/mol. The number of anilines is 1. The maximum atomic E-state index is 10.7. The van der Waals surface area contributed by atoms with Crippen molar-refractivity contribution in [2.75, 3.05) is 11.9 Å². The Morgan fingerprint density at radius 1 is 1.57 bits per heavy atom. The third-order valence-electron chi connectivity index (χ3n) is 4.21. The van der Waals surface area contributed by atoms with Crippen LogP contribution in [-0.4, -0.2) is 23.7 Å². The van der Waals surface area contributed by atoms with Gasteiger partial charge in [0.25, 0.3) is 5.69 Å². The summed E-state index contributed by atoms with van der Waals surface area (Å²) in [7, 11) is 0. The minimum absolute atomic E-state index is 0.0372. The van der Waals surface area contributed by atoms with E-state index >= 15 is 0 Å². The molecule has 1 N–H and O–H groups in total. The lowest BCUT2D eigenvalue weighted by atomic mass is 9.64. The number of ether oxygens (including phenoxy) is 1. The van der Waals surface area contributed by atoms with E-state index in [4.69, 9.17) is 10.00 Å². The highest BCUT2D eigenvalue weighted by atomic mass is 16.6. The SMILES string of the molecule is CCOC1CC(Nc2ccc([N+](=O)[O-])cc2C#N)C1(C)C. The molecule has 6 heteroatoms. The van der Waals surface area contributed by atoms with Crippen LogP contribution in [0.5, 0.6) is 0 Å². The molecule has 112 valence electrons. The van der Waals surface area contributed by atoms with Gasteiger partial charge < -0.3 is 10.1 Å². The molecule has 0 spiro atoms. The number of nitrogens with one attached hydrogen (secondary N) is 1. The van der Waals surface area contributed by atoms with Crippen molar-refractivity contribution >= 4 is 11.4 Å². The molecular weight excluding hydrogens is 270 g/mol. The first-order valence-electron chi connectivity index (χ1n) is 6.96. The first-order valence-corrected chi connectivity index (χ1v) is 6.96. The highest BCUT2D eigenvalue weighted by Gasteiger charge is 2.49. The van der Waals surface area contributed by atoms with Gasteiger partial charge in [-0.3, -0.25) is 10.1 Å². The molecule has 1 saturated carbocycles. The molecule has 2 atom stereocenters. The fraction of sp³-hybridized carbons (Fsp3) is 0.533. The quantitative estimate of drug-likeness (QED) is 0.664. The van der Waals surface area contributed by atoms with Crippen LogP contribution in [0, 0.1) is 26.9 Å². The number of nitro groups is 1. The smallest absolute Gasteiger partial charge is 0.270 e.